The lowest BCUT2D eigenvalue weighted by molar-refractivity contribution is -0.117. The normalized spacial score (nSPS) is 18.4. The second-order valence-electron chi connectivity index (χ2n) is 8.00. The zero-order valence-corrected chi connectivity index (χ0v) is 18.7. The Morgan fingerprint density at radius 1 is 0.935 bits per heavy atom. The van der Waals surface area contributed by atoms with E-state index in [4.69, 9.17) is 0 Å². The van der Waals surface area contributed by atoms with E-state index in [-0.39, 0.29) is 16.8 Å². The second-order valence-corrected chi connectivity index (χ2v) is 9.81. The van der Waals surface area contributed by atoms with Crippen molar-refractivity contribution in [1.82, 2.24) is 0 Å². The minimum atomic E-state index is -3.84. The fraction of sp³-hybridized carbons (Fsp3) is 0.240. The van der Waals surface area contributed by atoms with E-state index < -0.39 is 16.1 Å². The Hall–Kier alpha value is -3.12. The molecule has 0 N–H and O–H groups in total. The summed E-state index contributed by atoms with van der Waals surface area (Å²) >= 11 is 0. The molecule has 0 fully saturated rings. The van der Waals surface area contributed by atoms with Gasteiger partial charge in [-0.05, 0) is 56.2 Å². The highest BCUT2D eigenvalue weighted by atomic mass is 32.2. The van der Waals surface area contributed by atoms with Crippen molar-refractivity contribution in [3.05, 3.63) is 90.0 Å². The summed E-state index contributed by atoms with van der Waals surface area (Å²) in [5, 5.41) is 0. The van der Waals surface area contributed by atoms with Crippen LogP contribution in [0.3, 0.4) is 0 Å². The summed E-state index contributed by atoms with van der Waals surface area (Å²) in [6.45, 7) is 5.44. The van der Waals surface area contributed by atoms with Crippen molar-refractivity contribution in [1.29, 1.82) is 0 Å². The van der Waals surface area contributed by atoms with Gasteiger partial charge in [-0.3, -0.25) is 9.10 Å². The highest BCUT2D eigenvalue weighted by Crippen LogP contribution is 2.44. The van der Waals surface area contributed by atoms with Gasteiger partial charge < -0.3 is 4.90 Å². The lowest BCUT2D eigenvalue weighted by Gasteiger charge is -2.43. The number of carbonyl (C=O) groups excluding carboxylic acids is 1. The van der Waals surface area contributed by atoms with Gasteiger partial charge in [-0.15, -0.1) is 0 Å². The molecule has 3 aromatic carbocycles. The van der Waals surface area contributed by atoms with E-state index >= 15 is 0 Å². The molecule has 0 saturated carbocycles. The van der Waals surface area contributed by atoms with E-state index in [9.17, 15) is 13.2 Å². The Bertz CT molecular complexity index is 1190. The third-order valence-corrected chi connectivity index (χ3v) is 7.62. The smallest absolute Gasteiger partial charge is 0.264 e. The molecule has 1 amide bonds. The molecular weight excluding hydrogens is 408 g/mol. The van der Waals surface area contributed by atoms with Gasteiger partial charge in [0.2, 0.25) is 5.91 Å². The number of sulfonamides is 1. The largest absolute Gasteiger partial charge is 0.309 e. The molecular formula is C25H26N2O3S. The first-order chi connectivity index (χ1) is 14.8. The van der Waals surface area contributed by atoms with Crippen LogP contribution in [-0.4, -0.2) is 20.4 Å². The van der Waals surface area contributed by atoms with Gasteiger partial charge in [0.25, 0.3) is 10.0 Å². The van der Waals surface area contributed by atoms with Crippen LogP contribution in [0.4, 0.5) is 11.4 Å². The highest BCUT2D eigenvalue weighted by Gasteiger charge is 2.40. The third-order valence-electron chi connectivity index (χ3n) is 5.77. The van der Waals surface area contributed by atoms with Crippen LogP contribution in [-0.2, 0) is 14.8 Å². The van der Waals surface area contributed by atoms with E-state index in [1.54, 1.807) is 24.0 Å². The van der Waals surface area contributed by atoms with Crippen molar-refractivity contribution >= 4 is 27.3 Å². The summed E-state index contributed by atoms with van der Waals surface area (Å²) in [5.74, 6) is -0.0500. The van der Waals surface area contributed by atoms with Gasteiger partial charge in [-0.2, -0.15) is 0 Å². The van der Waals surface area contributed by atoms with Crippen LogP contribution in [0.25, 0.3) is 0 Å². The van der Waals surface area contributed by atoms with Gasteiger partial charge >= 0.3 is 0 Å². The molecule has 6 heteroatoms. The molecule has 31 heavy (non-hydrogen) atoms. The highest BCUT2D eigenvalue weighted by molar-refractivity contribution is 7.92. The number of hydrogen-bond donors (Lipinski definition) is 0. The average Bonchev–Trinajstić information content (AvgIpc) is 2.74. The van der Waals surface area contributed by atoms with Gasteiger partial charge in [-0.1, -0.05) is 54.1 Å². The summed E-state index contributed by atoms with van der Waals surface area (Å²) < 4.78 is 29.4. The first kappa shape index (κ1) is 21.1. The summed E-state index contributed by atoms with van der Waals surface area (Å²) in [4.78, 5) is 14.4. The second kappa shape index (κ2) is 8.19. The predicted octanol–water partition coefficient (Wildman–Crippen LogP) is 5.08. The molecule has 1 aliphatic rings. The number of para-hydroxylation sites is 2. The van der Waals surface area contributed by atoms with E-state index in [1.165, 1.54) is 4.31 Å². The Kier molecular flexibility index (Phi) is 5.58. The maximum Gasteiger partial charge on any atom is 0.264 e. The molecule has 5 nitrogen and oxygen atoms in total. The fourth-order valence-electron chi connectivity index (χ4n) is 4.37. The lowest BCUT2D eigenvalue weighted by atomic mass is 9.91. The maximum absolute atomic E-state index is 13.9. The zero-order valence-electron chi connectivity index (χ0n) is 17.9. The number of fused-ring (bicyclic) bond motifs is 1. The number of rotatable bonds is 4. The minimum absolute atomic E-state index is 0.0500. The number of hydrogen-bond acceptors (Lipinski definition) is 3. The number of aryl methyl sites for hydroxylation is 1. The van der Waals surface area contributed by atoms with Gasteiger partial charge in [0, 0.05) is 18.7 Å². The first-order valence-corrected chi connectivity index (χ1v) is 11.8. The first-order valence-electron chi connectivity index (χ1n) is 10.4. The summed E-state index contributed by atoms with van der Waals surface area (Å²) in [5.41, 5.74) is 3.19. The SMILES string of the molecule is CC(=O)N1c2ccccc2[C@H](N(c2ccccc2)S(=O)(=O)c2ccc(C)cc2)C[C@H]1C. The molecule has 0 spiro atoms. The topological polar surface area (TPSA) is 57.7 Å². The van der Waals surface area contributed by atoms with Crippen molar-refractivity contribution in [3.8, 4) is 0 Å². The van der Waals surface area contributed by atoms with Crippen molar-refractivity contribution in [2.24, 2.45) is 0 Å². The number of nitrogens with zero attached hydrogens (tertiary/aromatic N) is 2. The average molecular weight is 435 g/mol. The third kappa shape index (κ3) is 3.83. The fourth-order valence-corrected chi connectivity index (χ4v) is 6.01. The molecule has 0 aliphatic carbocycles. The van der Waals surface area contributed by atoms with Crippen LogP contribution in [0.15, 0.2) is 83.8 Å². The molecule has 1 aliphatic heterocycles. The van der Waals surface area contributed by atoms with Gasteiger partial charge in [-0.25, -0.2) is 8.42 Å². The number of benzene rings is 3. The molecule has 0 aromatic heterocycles. The standard InChI is InChI=1S/C25H26N2O3S/c1-18-13-15-22(16-14-18)31(29,30)27(21-9-5-4-6-10-21)25-17-19(2)26(20(3)28)24-12-8-7-11-23(24)25/h4-16,19,25H,17H2,1-3H3/t19-,25-/m1/s1. The van der Waals surface area contributed by atoms with Crippen LogP contribution in [0.2, 0.25) is 0 Å². The molecule has 2 atom stereocenters. The van der Waals surface area contributed by atoms with Crippen molar-refractivity contribution in [3.63, 3.8) is 0 Å². The van der Waals surface area contributed by atoms with Gasteiger partial charge in [0.05, 0.1) is 16.6 Å². The number of carbonyl (C=O) groups is 1. The van der Waals surface area contributed by atoms with E-state index in [0.29, 0.717) is 12.1 Å². The van der Waals surface area contributed by atoms with Crippen molar-refractivity contribution < 1.29 is 13.2 Å². The molecule has 0 bridgehead atoms. The molecule has 0 unspecified atom stereocenters. The van der Waals surface area contributed by atoms with Gasteiger partial charge in [0.1, 0.15) is 0 Å². The monoisotopic (exact) mass is 434 g/mol. The zero-order chi connectivity index (χ0) is 22.2. The lowest BCUT2D eigenvalue weighted by Crippen LogP contribution is -2.47. The van der Waals surface area contributed by atoms with Crippen LogP contribution < -0.4 is 9.21 Å². The van der Waals surface area contributed by atoms with Crippen LogP contribution in [0.5, 0.6) is 0 Å². The number of anilines is 2. The van der Waals surface area contributed by atoms with Crippen LogP contribution >= 0.6 is 0 Å². The minimum Gasteiger partial charge on any atom is -0.309 e. The summed E-state index contributed by atoms with van der Waals surface area (Å²) in [7, 11) is -3.84. The quantitative estimate of drug-likeness (QED) is 0.576. The Balaban J connectivity index is 1.92. The van der Waals surface area contributed by atoms with Crippen molar-refractivity contribution in [2.75, 3.05) is 9.21 Å². The van der Waals surface area contributed by atoms with Gasteiger partial charge in [0.15, 0.2) is 0 Å². The number of amides is 1. The Morgan fingerprint density at radius 2 is 1.55 bits per heavy atom. The Morgan fingerprint density at radius 3 is 2.19 bits per heavy atom. The van der Waals surface area contributed by atoms with E-state index in [1.807, 2.05) is 80.6 Å². The molecule has 0 radical (unpaired) electrons. The van der Waals surface area contributed by atoms with Crippen LogP contribution in [0, 0.1) is 6.92 Å². The van der Waals surface area contributed by atoms with Crippen LogP contribution in [0.1, 0.15) is 37.4 Å². The maximum atomic E-state index is 13.9. The molecule has 160 valence electrons. The Labute approximate surface area is 184 Å². The predicted molar refractivity (Wildman–Crippen MR) is 124 cm³/mol. The van der Waals surface area contributed by atoms with E-state index in [2.05, 4.69) is 0 Å². The molecule has 4 rings (SSSR count). The summed E-state index contributed by atoms with van der Waals surface area (Å²) in [6.07, 6.45) is 0.497. The molecule has 0 saturated heterocycles. The van der Waals surface area contributed by atoms with Crippen molar-refractivity contribution in [2.45, 2.75) is 44.2 Å². The molecule has 3 aromatic rings. The van der Waals surface area contributed by atoms with E-state index in [0.717, 1.165) is 16.8 Å². The molecule has 1 heterocycles. The summed E-state index contributed by atoms with van der Waals surface area (Å²) in [6, 6.07) is 23.1.